The van der Waals surface area contributed by atoms with E-state index in [1.54, 1.807) is 35.6 Å². The fourth-order valence-electron chi connectivity index (χ4n) is 3.47. The van der Waals surface area contributed by atoms with Gasteiger partial charge in [-0.3, -0.25) is 9.59 Å². The lowest BCUT2D eigenvalue weighted by atomic mass is 10.1. The molecule has 0 atom stereocenters. The molecular formula is C25H26N2O4S. The van der Waals surface area contributed by atoms with Gasteiger partial charge >= 0.3 is 0 Å². The van der Waals surface area contributed by atoms with Crippen molar-refractivity contribution in [2.45, 2.75) is 26.3 Å². The minimum Gasteiger partial charge on any atom is -0.484 e. The molecule has 0 bridgehead atoms. The highest BCUT2D eigenvalue weighted by molar-refractivity contribution is 7.10. The molecule has 7 heteroatoms. The summed E-state index contributed by atoms with van der Waals surface area (Å²) in [5.41, 5.74) is 2.41. The summed E-state index contributed by atoms with van der Waals surface area (Å²) in [5.74, 6) is 1.84. The summed E-state index contributed by atoms with van der Waals surface area (Å²) in [6.07, 6.45) is 1.20. The quantitative estimate of drug-likeness (QED) is 0.555. The van der Waals surface area contributed by atoms with Crippen LogP contribution >= 0.6 is 11.3 Å². The van der Waals surface area contributed by atoms with Crippen LogP contribution in [-0.4, -0.2) is 36.4 Å². The molecule has 1 aliphatic heterocycles. The topological polar surface area (TPSA) is 67.9 Å². The smallest absolute Gasteiger partial charge is 0.257 e. The number of carbonyl (C=O) groups excluding carboxylic acids is 2. The number of fused-ring (bicyclic) bond motifs is 1. The van der Waals surface area contributed by atoms with Crippen LogP contribution in [0.2, 0.25) is 0 Å². The lowest BCUT2D eigenvalue weighted by Crippen LogP contribution is -2.38. The Morgan fingerprint density at radius 1 is 1.00 bits per heavy atom. The van der Waals surface area contributed by atoms with Crippen molar-refractivity contribution in [3.05, 3.63) is 76.0 Å². The van der Waals surface area contributed by atoms with Gasteiger partial charge in [-0.1, -0.05) is 17.7 Å². The summed E-state index contributed by atoms with van der Waals surface area (Å²) >= 11 is 1.75. The molecule has 6 nitrogen and oxygen atoms in total. The van der Waals surface area contributed by atoms with Gasteiger partial charge in [-0.25, -0.2) is 0 Å². The van der Waals surface area contributed by atoms with E-state index in [4.69, 9.17) is 9.47 Å². The van der Waals surface area contributed by atoms with E-state index in [0.29, 0.717) is 24.6 Å². The first-order valence-electron chi connectivity index (χ1n) is 10.6. The van der Waals surface area contributed by atoms with Crippen molar-refractivity contribution in [2.75, 3.05) is 19.7 Å². The van der Waals surface area contributed by atoms with Gasteiger partial charge in [0.1, 0.15) is 17.2 Å². The first-order valence-corrected chi connectivity index (χ1v) is 11.5. The zero-order valence-electron chi connectivity index (χ0n) is 18.0. The van der Waals surface area contributed by atoms with Crippen LogP contribution in [0.3, 0.4) is 0 Å². The third-order valence-electron chi connectivity index (χ3n) is 5.27. The Morgan fingerprint density at radius 2 is 1.69 bits per heavy atom. The van der Waals surface area contributed by atoms with Gasteiger partial charge in [0.15, 0.2) is 6.61 Å². The predicted octanol–water partition coefficient (Wildman–Crippen LogP) is 4.32. The Morgan fingerprint density at radius 3 is 2.44 bits per heavy atom. The summed E-state index contributed by atoms with van der Waals surface area (Å²) in [6.45, 7) is 3.63. The largest absolute Gasteiger partial charge is 0.484 e. The molecule has 0 aliphatic carbocycles. The number of thiophene rings is 1. The number of aryl methyl sites for hydroxylation is 1. The highest BCUT2D eigenvalue weighted by Gasteiger charge is 2.21. The van der Waals surface area contributed by atoms with Crippen LogP contribution in [0.4, 0.5) is 0 Å². The number of hydrogen-bond donors (Lipinski definition) is 1. The molecule has 2 amide bonds. The molecule has 0 unspecified atom stereocenters. The second-order valence-corrected chi connectivity index (χ2v) is 8.71. The van der Waals surface area contributed by atoms with Crippen molar-refractivity contribution in [2.24, 2.45) is 0 Å². The zero-order chi connectivity index (χ0) is 22.3. The van der Waals surface area contributed by atoms with Gasteiger partial charge in [0.25, 0.3) is 5.91 Å². The molecule has 3 aromatic rings. The molecular weight excluding hydrogens is 424 g/mol. The number of nitrogens with one attached hydrogen (secondary N) is 1. The lowest BCUT2D eigenvalue weighted by molar-refractivity contribution is -0.132. The number of nitrogens with zero attached hydrogens (tertiary/aromatic N) is 1. The van der Waals surface area contributed by atoms with Crippen molar-refractivity contribution < 1.29 is 19.1 Å². The Kier molecular flexibility index (Phi) is 7.07. The highest BCUT2D eigenvalue weighted by Crippen LogP contribution is 2.25. The van der Waals surface area contributed by atoms with Crippen LogP contribution in [-0.2, 0) is 22.6 Å². The number of benzene rings is 2. The number of amides is 2. The third-order valence-corrected chi connectivity index (χ3v) is 6.29. The van der Waals surface area contributed by atoms with E-state index >= 15 is 0 Å². The number of hydrogen-bond acceptors (Lipinski definition) is 5. The van der Waals surface area contributed by atoms with E-state index in [-0.39, 0.29) is 24.8 Å². The van der Waals surface area contributed by atoms with Crippen LogP contribution in [0.5, 0.6) is 17.2 Å². The second-order valence-electron chi connectivity index (χ2n) is 7.71. The van der Waals surface area contributed by atoms with E-state index in [0.717, 1.165) is 18.7 Å². The molecule has 4 rings (SSSR count). The van der Waals surface area contributed by atoms with Crippen LogP contribution in [0, 0.1) is 6.92 Å². The second kappa shape index (κ2) is 10.3. The van der Waals surface area contributed by atoms with E-state index in [1.807, 2.05) is 36.1 Å². The minimum absolute atomic E-state index is 0.0623. The van der Waals surface area contributed by atoms with Crippen LogP contribution in [0.1, 0.15) is 22.4 Å². The van der Waals surface area contributed by atoms with Crippen LogP contribution in [0.15, 0.2) is 60.0 Å². The molecule has 1 aliphatic rings. The third kappa shape index (κ3) is 5.88. The van der Waals surface area contributed by atoms with Gasteiger partial charge in [-0.15, -0.1) is 11.3 Å². The lowest BCUT2D eigenvalue weighted by Gasteiger charge is -2.27. The first kappa shape index (κ1) is 21.9. The minimum atomic E-state index is -0.253. The van der Waals surface area contributed by atoms with E-state index in [2.05, 4.69) is 16.8 Å². The summed E-state index contributed by atoms with van der Waals surface area (Å²) in [6, 6.07) is 17.0. The Bertz CT molecular complexity index is 1060. The number of ether oxygens (including phenoxy) is 2. The normalized spacial score (nSPS) is 12.7. The van der Waals surface area contributed by atoms with Crippen LogP contribution in [0.25, 0.3) is 0 Å². The van der Waals surface area contributed by atoms with Gasteiger partial charge in [-0.05, 0) is 66.8 Å². The van der Waals surface area contributed by atoms with Crippen molar-refractivity contribution in [3.63, 3.8) is 0 Å². The molecule has 1 N–H and O–H groups in total. The average molecular weight is 451 g/mol. The standard InChI is InChI=1S/C25H26N2O4S/c1-18-2-4-21(5-3-18)31-22-8-6-20(7-9-22)30-17-24(28)26-13-10-25(29)27-14-11-23-19(16-27)12-15-32-23/h2-9,12,15H,10-11,13-14,16-17H2,1H3,(H,26,28). The summed E-state index contributed by atoms with van der Waals surface area (Å²) in [4.78, 5) is 27.7. The zero-order valence-corrected chi connectivity index (χ0v) is 18.8. The fraction of sp³-hybridized carbons (Fsp3) is 0.280. The van der Waals surface area contributed by atoms with Gasteiger partial charge in [0.05, 0.1) is 0 Å². The first-order chi connectivity index (χ1) is 15.6. The maximum absolute atomic E-state index is 12.4. The average Bonchev–Trinajstić information content (AvgIpc) is 3.28. The van der Waals surface area contributed by atoms with Gasteiger partial charge in [-0.2, -0.15) is 0 Å². The maximum atomic E-state index is 12.4. The van der Waals surface area contributed by atoms with Gasteiger partial charge in [0.2, 0.25) is 5.91 Å². The van der Waals surface area contributed by atoms with Crippen molar-refractivity contribution >= 4 is 23.2 Å². The Hall–Kier alpha value is -3.32. The van der Waals surface area contributed by atoms with E-state index < -0.39 is 0 Å². The van der Waals surface area contributed by atoms with Crippen LogP contribution < -0.4 is 14.8 Å². The molecule has 0 saturated heterocycles. The van der Waals surface area contributed by atoms with Gasteiger partial charge < -0.3 is 19.7 Å². The van der Waals surface area contributed by atoms with E-state index in [1.165, 1.54) is 16.0 Å². The number of rotatable bonds is 8. The van der Waals surface area contributed by atoms with Crippen molar-refractivity contribution in [3.8, 4) is 17.2 Å². The maximum Gasteiger partial charge on any atom is 0.257 e. The molecule has 0 radical (unpaired) electrons. The van der Waals surface area contributed by atoms with Crippen molar-refractivity contribution in [1.29, 1.82) is 0 Å². The van der Waals surface area contributed by atoms with Crippen molar-refractivity contribution in [1.82, 2.24) is 10.2 Å². The molecule has 2 heterocycles. The predicted molar refractivity (Wildman–Crippen MR) is 124 cm³/mol. The monoisotopic (exact) mass is 450 g/mol. The molecule has 0 saturated carbocycles. The SMILES string of the molecule is Cc1ccc(Oc2ccc(OCC(=O)NCCC(=O)N3CCc4sccc4C3)cc2)cc1. The highest BCUT2D eigenvalue weighted by atomic mass is 32.1. The van der Waals surface area contributed by atoms with E-state index in [9.17, 15) is 9.59 Å². The van der Waals surface area contributed by atoms with Gasteiger partial charge in [0, 0.05) is 30.9 Å². The summed E-state index contributed by atoms with van der Waals surface area (Å²) in [7, 11) is 0. The molecule has 0 fully saturated rings. The summed E-state index contributed by atoms with van der Waals surface area (Å²) in [5, 5.41) is 4.82. The number of carbonyl (C=O) groups is 2. The molecule has 166 valence electrons. The molecule has 32 heavy (non-hydrogen) atoms. The molecule has 1 aromatic heterocycles. The Balaban J connectivity index is 1.15. The fourth-order valence-corrected chi connectivity index (χ4v) is 4.36. The summed E-state index contributed by atoms with van der Waals surface area (Å²) < 4.78 is 11.3. The molecule has 0 spiro atoms. The Labute approximate surface area is 191 Å². The molecule has 2 aromatic carbocycles.